The first-order valence-corrected chi connectivity index (χ1v) is 15.1. The van der Waals surface area contributed by atoms with Crippen molar-refractivity contribution in [3.8, 4) is 0 Å². The molecule has 0 aromatic carbocycles. The summed E-state index contributed by atoms with van der Waals surface area (Å²) in [6.07, 6.45) is 15.8. The van der Waals surface area contributed by atoms with Crippen LogP contribution in [0.25, 0.3) is 0 Å². The Labute approximate surface area is 216 Å². The highest BCUT2D eigenvalue weighted by molar-refractivity contribution is 5.79. The van der Waals surface area contributed by atoms with Gasteiger partial charge < -0.3 is 10.6 Å². The zero-order chi connectivity index (χ0) is 25.8. The molecule has 0 aliphatic carbocycles. The summed E-state index contributed by atoms with van der Waals surface area (Å²) in [5.41, 5.74) is 0. The van der Waals surface area contributed by atoms with Crippen molar-refractivity contribution >= 4 is 5.96 Å². The minimum absolute atomic E-state index is 0.769. The maximum absolute atomic E-state index is 4.97. The number of nitrogens with zero attached hydrogens (tertiary/aromatic N) is 1. The third-order valence-corrected chi connectivity index (χ3v) is 7.19. The Morgan fingerprint density at radius 3 is 1.18 bits per heavy atom. The van der Waals surface area contributed by atoms with Gasteiger partial charge in [-0.1, -0.05) is 120 Å². The molecule has 0 aliphatic rings. The Kier molecular flexibility index (Phi) is 21.1. The average Bonchev–Trinajstić information content (AvgIpc) is 2.72. The van der Waals surface area contributed by atoms with Gasteiger partial charge in [0, 0.05) is 19.6 Å². The maximum Gasteiger partial charge on any atom is 0.191 e. The number of guanidine groups is 1. The van der Waals surface area contributed by atoms with Gasteiger partial charge in [-0.2, -0.15) is 0 Å². The lowest BCUT2D eigenvalue weighted by Crippen LogP contribution is -2.39. The van der Waals surface area contributed by atoms with Crippen molar-refractivity contribution in [1.82, 2.24) is 10.6 Å². The molecule has 0 radical (unpaired) electrons. The molecule has 0 saturated heterocycles. The van der Waals surface area contributed by atoms with Crippen LogP contribution in [-0.4, -0.2) is 25.6 Å². The van der Waals surface area contributed by atoms with Gasteiger partial charge in [-0.3, -0.25) is 4.99 Å². The molecule has 0 heterocycles. The maximum atomic E-state index is 4.97. The molecule has 3 nitrogen and oxygen atoms in total. The van der Waals surface area contributed by atoms with Crippen molar-refractivity contribution < 1.29 is 0 Å². The lowest BCUT2D eigenvalue weighted by atomic mass is 9.97. The third kappa shape index (κ3) is 23.0. The fraction of sp³-hybridized carbons (Fsp3) is 0.968. The van der Waals surface area contributed by atoms with Gasteiger partial charge in [-0.15, -0.1) is 0 Å². The van der Waals surface area contributed by atoms with Crippen LogP contribution in [0.3, 0.4) is 0 Å². The Morgan fingerprint density at radius 1 is 0.471 bits per heavy atom. The predicted octanol–water partition coefficient (Wildman–Crippen LogP) is 9.08. The minimum Gasteiger partial charge on any atom is -0.356 e. The number of hydrogen-bond acceptors (Lipinski definition) is 1. The van der Waals surface area contributed by atoms with Crippen molar-refractivity contribution in [2.75, 3.05) is 19.6 Å². The van der Waals surface area contributed by atoms with E-state index in [0.717, 1.165) is 61.1 Å². The topological polar surface area (TPSA) is 36.4 Å². The van der Waals surface area contributed by atoms with Crippen molar-refractivity contribution in [2.45, 2.75) is 139 Å². The van der Waals surface area contributed by atoms with Gasteiger partial charge in [0.1, 0.15) is 0 Å². The van der Waals surface area contributed by atoms with Crippen LogP contribution in [0.5, 0.6) is 0 Å². The van der Waals surface area contributed by atoms with Gasteiger partial charge in [-0.25, -0.2) is 0 Å². The van der Waals surface area contributed by atoms with E-state index in [-0.39, 0.29) is 0 Å². The van der Waals surface area contributed by atoms with E-state index in [1.165, 1.54) is 77.0 Å². The Balaban J connectivity index is 4.45. The van der Waals surface area contributed by atoms with Gasteiger partial charge in [0.25, 0.3) is 0 Å². The Morgan fingerprint density at radius 2 is 0.824 bits per heavy atom. The number of hydrogen-bond donors (Lipinski definition) is 2. The van der Waals surface area contributed by atoms with Gasteiger partial charge in [0.2, 0.25) is 0 Å². The van der Waals surface area contributed by atoms with E-state index in [9.17, 15) is 0 Å². The summed E-state index contributed by atoms with van der Waals surface area (Å²) >= 11 is 0. The smallest absolute Gasteiger partial charge is 0.191 e. The van der Waals surface area contributed by atoms with Crippen LogP contribution in [0.1, 0.15) is 139 Å². The third-order valence-electron chi connectivity index (χ3n) is 7.19. The molecule has 0 fully saturated rings. The van der Waals surface area contributed by atoms with Crippen molar-refractivity contribution in [3.05, 3.63) is 0 Å². The summed E-state index contributed by atoms with van der Waals surface area (Å²) < 4.78 is 0. The molecule has 34 heavy (non-hydrogen) atoms. The fourth-order valence-corrected chi connectivity index (χ4v) is 4.50. The van der Waals surface area contributed by atoms with E-state index in [0.29, 0.717) is 0 Å². The average molecular weight is 480 g/mol. The van der Waals surface area contributed by atoms with Gasteiger partial charge >= 0.3 is 0 Å². The zero-order valence-electron chi connectivity index (χ0n) is 25.0. The summed E-state index contributed by atoms with van der Waals surface area (Å²) in [4.78, 5) is 4.97. The second-order valence-corrected chi connectivity index (χ2v) is 12.7. The van der Waals surface area contributed by atoms with E-state index in [1.54, 1.807) is 0 Å². The molecule has 0 amide bonds. The van der Waals surface area contributed by atoms with Crippen LogP contribution in [0.15, 0.2) is 4.99 Å². The lowest BCUT2D eigenvalue weighted by Gasteiger charge is -2.18. The van der Waals surface area contributed by atoms with Crippen LogP contribution < -0.4 is 10.6 Å². The van der Waals surface area contributed by atoms with Crippen LogP contribution in [0, 0.1) is 35.5 Å². The highest BCUT2D eigenvalue weighted by Crippen LogP contribution is 2.17. The normalized spacial score (nSPS) is 14.5. The number of nitrogens with one attached hydrogen (secondary N) is 2. The van der Waals surface area contributed by atoms with Gasteiger partial charge in [0.15, 0.2) is 5.96 Å². The standard InChI is InChI=1S/C31H65N3/c1-25(2)13-10-16-28(7)19-22-32-31(33-23-20-29(8)17-11-14-26(3)4)34-24-21-30(9)18-12-15-27(5)6/h25-30H,10-24H2,1-9H3,(H2,32,33,34). The molecule has 0 saturated carbocycles. The summed E-state index contributed by atoms with van der Waals surface area (Å²) in [5, 5.41) is 7.30. The highest BCUT2D eigenvalue weighted by atomic mass is 15.2. The lowest BCUT2D eigenvalue weighted by molar-refractivity contribution is 0.430. The molecule has 3 heteroatoms. The number of aliphatic imine (C=N–C) groups is 1. The van der Waals surface area contributed by atoms with E-state index in [1.807, 2.05) is 0 Å². The SMILES string of the molecule is CC(C)CCCC(C)CCN=C(NCCC(C)CCCC(C)C)NCCC(C)CCCC(C)C. The molecular formula is C31H65N3. The van der Waals surface area contributed by atoms with Crippen molar-refractivity contribution in [1.29, 1.82) is 0 Å². The molecule has 0 rings (SSSR count). The Bertz CT molecular complexity index is 441. The van der Waals surface area contributed by atoms with E-state index in [4.69, 9.17) is 4.99 Å². The summed E-state index contributed by atoms with van der Waals surface area (Å²) in [5.74, 6) is 5.86. The van der Waals surface area contributed by atoms with E-state index < -0.39 is 0 Å². The molecule has 2 N–H and O–H groups in total. The highest BCUT2D eigenvalue weighted by Gasteiger charge is 2.08. The molecule has 3 atom stereocenters. The first kappa shape index (κ1) is 33.3. The summed E-state index contributed by atoms with van der Waals surface area (Å²) in [7, 11) is 0. The van der Waals surface area contributed by atoms with Crippen molar-refractivity contribution in [2.24, 2.45) is 40.5 Å². The van der Waals surface area contributed by atoms with E-state index in [2.05, 4.69) is 72.9 Å². The molecule has 0 aromatic heterocycles. The summed E-state index contributed by atoms with van der Waals surface area (Å²) in [6, 6.07) is 0. The minimum atomic E-state index is 0.769. The molecule has 0 bridgehead atoms. The molecule has 204 valence electrons. The monoisotopic (exact) mass is 480 g/mol. The fourth-order valence-electron chi connectivity index (χ4n) is 4.50. The van der Waals surface area contributed by atoms with Gasteiger partial charge in [-0.05, 0) is 54.8 Å². The first-order valence-electron chi connectivity index (χ1n) is 15.1. The van der Waals surface area contributed by atoms with Crippen LogP contribution in [0.2, 0.25) is 0 Å². The second kappa shape index (κ2) is 21.5. The Hall–Kier alpha value is -0.730. The molecule has 0 spiro atoms. The molecule has 3 unspecified atom stereocenters. The molecule has 0 aliphatic heterocycles. The van der Waals surface area contributed by atoms with Crippen LogP contribution >= 0.6 is 0 Å². The molecular weight excluding hydrogens is 414 g/mol. The summed E-state index contributed by atoms with van der Waals surface area (Å²) in [6.45, 7) is 24.2. The zero-order valence-corrected chi connectivity index (χ0v) is 25.0. The van der Waals surface area contributed by atoms with E-state index >= 15 is 0 Å². The predicted molar refractivity (Wildman–Crippen MR) is 156 cm³/mol. The van der Waals surface area contributed by atoms with Crippen LogP contribution in [-0.2, 0) is 0 Å². The van der Waals surface area contributed by atoms with Crippen molar-refractivity contribution in [3.63, 3.8) is 0 Å². The van der Waals surface area contributed by atoms with Gasteiger partial charge in [0.05, 0.1) is 0 Å². The second-order valence-electron chi connectivity index (χ2n) is 12.7. The van der Waals surface area contributed by atoms with Crippen LogP contribution in [0.4, 0.5) is 0 Å². The number of rotatable bonds is 21. The molecule has 0 aromatic rings. The first-order chi connectivity index (χ1) is 16.1. The quantitative estimate of drug-likeness (QED) is 0.127. The largest absolute Gasteiger partial charge is 0.356 e.